The summed E-state index contributed by atoms with van der Waals surface area (Å²) in [7, 11) is 0. The zero-order chi connectivity index (χ0) is 7.82. The fraction of sp³-hybridized carbons (Fsp3) is 0.125. The molecular weight excluding hydrogens is 124 g/mol. The average molecular weight is 136 g/mol. The van der Waals surface area contributed by atoms with Crippen LogP contribution >= 0.6 is 0 Å². The molecule has 0 unspecified atom stereocenters. The van der Waals surface area contributed by atoms with E-state index in [2.05, 4.69) is 23.7 Å². The van der Waals surface area contributed by atoms with E-state index in [9.17, 15) is 0 Å². The van der Waals surface area contributed by atoms with Gasteiger partial charge in [-0.25, -0.2) is 0 Å². The fourth-order valence-corrected chi connectivity index (χ4v) is 0.417. The van der Waals surface area contributed by atoms with Crippen molar-refractivity contribution in [2.24, 2.45) is 5.10 Å². The number of hydrogen-bond donors (Lipinski definition) is 1. The summed E-state index contributed by atoms with van der Waals surface area (Å²) in [6.45, 7) is 8.96. The van der Waals surface area contributed by atoms with E-state index in [-0.39, 0.29) is 0 Å². The van der Waals surface area contributed by atoms with E-state index in [1.807, 2.05) is 6.92 Å². The van der Waals surface area contributed by atoms with Crippen molar-refractivity contribution in [2.45, 2.75) is 6.92 Å². The Bertz CT molecular complexity index is 166. The van der Waals surface area contributed by atoms with Crippen molar-refractivity contribution < 1.29 is 0 Å². The van der Waals surface area contributed by atoms with E-state index in [0.717, 1.165) is 5.70 Å². The van der Waals surface area contributed by atoms with Crippen molar-refractivity contribution in [2.75, 3.05) is 0 Å². The molecule has 54 valence electrons. The van der Waals surface area contributed by atoms with E-state index < -0.39 is 0 Å². The van der Waals surface area contributed by atoms with Crippen LogP contribution in [0, 0.1) is 0 Å². The Labute approximate surface area is 61.6 Å². The van der Waals surface area contributed by atoms with E-state index in [4.69, 9.17) is 0 Å². The largest absolute Gasteiger partial charge is 0.279 e. The zero-order valence-electron chi connectivity index (χ0n) is 6.17. The topological polar surface area (TPSA) is 24.4 Å². The lowest BCUT2D eigenvalue weighted by atomic mass is 10.4. The highest BCUT2D eigenvalue weighted by Gasteiger charge is 1.80. The quantitative estimate of drug-likeness (QED) is 0.356. The SMILES string of the molecule is C=C/C=C(\C=C)N/N=C/C. The van der Waals surface area contributed by atoms with Gasteiger partial charge in [0, 0.05) is 6.21 Å². The molecule has 0 aromatic heterocycles. The van der Waals surface area contributed by atoms with Crippen molar-refractivity contribution in [3.8, 4) is 0 Å². The first kappa shape index (κ1) is 8.69. The van der Waals surface area contributed by atoms with Crippen LogP contribution in [0.5, 0.6) is 0 Å². The van der Waals surface area contributed by atoms with Gasteiger partial charge in [-0.3, -0.25) is 5.43 Å². The lowest BCUT2D eigenvalue weighted by Crippen LogP contribution is -2.01. The summed E-state index contributed by atoms with van der Waals surface area (Å²) in [5.74, 6) is 0. The third-order valence-corrected chi connectivity index (χ3v) is 0.840. The molecule has 0 heterocycles. The van der Waals surface area contributed by atoms with Gasteiger partial charge in [-0.05, 0) is 19.1 Å². The highest BCUT2D eigenvalue weighted by Crippen LogP contribution is 1.88. The molecule has 0 rings (SSSR count). The molecule has 2 nitrogen and oxygen atoms in total. The van der Waals surface area contributed by atoms with Crippen molar-refractivity contribution in [1.29, 1.82) is 0 Å². The number of rotatable bonds is 4. The Morgan fingerprint density at radius 3 is 2.60 bits per heavy atom. The Morgan fingerprint density at radius 2 is 2.20 bits per heavy atom. The molecule has 0 aromatic rings. The molecule has 0 bridgehead atoms. The monoisotopic (exact) mass is 136 g/mol. The van der Waals surface area contributed by atoms with Crippen molar-refractivity contribution in [3.05, 3.63) is 37.1 Å². The van der Waals surface area contributed by atoms with Crippen molar-refractivity contribution in [1.82, 2.24) is 5.43 Å². The second-order valence-corrected chi connectivity index (χ2v) is 1.56. The smallest absolute Gasteiger partial charge is 0.0555 e. The molecule has 0 atom stereocenters. The first-order valence-electron chi connectivity index (χ1n) is 3.04. The maximum atomic E-state index is 3.80. The number of nitrogens with zero attached hydrogens (tertiary/aromatic N) is 1. The van der Waals surface area contributed by atoms with Crippen LogP contribution in [0.15, 0.2) is 42.2 Å². The van der Waals surface area contributed by atoms with Gasteiger partial charge in [0.1, 0.15) is 0 Å². The normalized spacial score (nSPS) is 11.5. The van der Waals surface area contributed by atoms with Crippen LogP contribution in [0.4, 0.5) is 0 Å². The maximum Gasteiger partial charge on any atom is 0.0555 e. The van der Waals surface area contributed by atoms with Crippen LogP contribution in [0.3, 0.4) is 0 Å². The summed E-state index contributed by atoms with van der Waals surface area (Å²) in [6.07, 6.45) is 6.81. The molecule has 0 aromatic carbocycles. The zero-order valence-corrected chi connectivity index (χ0v) is 6.17. The summed E-state index contributed by atoms with van der Waals surface area (Å²) in [6, 6.07) is 0. The molecule has 0 saturated carbocycles. The standard InChI is InChI=1S/C8H12N2/c1-4-7-8(5-2)10-9-6-3/h4-7,10H,1-2H2,3H3/b8-7+,9-6+. The molecule has 10 heavy (non-hydrogen) atoms. The highest BCUT2D eigenvalue weighted by molar-refractivity contribution is 5.53. The molecule has 1 N–H and O–H groups in total. The lowest BCUT2D eigenvalue weighted by Gasteiger charge is -1.96. The molecule has 0 aliphatic heterocycles. The summed E-state index contributed by atoms with van der Waals surface area (Å²) < 4.78 is 0. The van der Waals surface area contributed by atoms with Crippen LogP contribution in [0.1, 0.15) is 6.92 Å². The first-order chi connectivity index (χ1) is 4.85. The van der Waals surface area contributed by atoms with Crippen LogP contribution in [-0.4, -0.2) is 6.21 Å². The third kappa shape index (κ3) is 3.66. The first-order valence-corrected chi connectivity index (χ1v) is 3.04. The molecular formula is C8H12N2. The Morgan fingerprint density at radius 1 is 1.50 bits per heavy atom. The van der Waals surface area contributed by atoms with Crippen LogP contribution in [0.25, 0.3) is 0 Å². The fourth-order valence-electron chi connectivity index (χ4n) is 0.417. The molecule has 0 fully saturated rings. The second kappa shape index (κ2) is 5.82. The van der Waals surface area contributed by atoms with Gasteiger partial charge in [0.05, 0.1) is 5.70 Å². The van der Waals surface area contributed by atoms with E-state index >= 15 is 0 Å². The van der Waals surface area contributed by atoms with E-state index in [0.29, 0.717) is 0 Å². The second-order valence-electron chi connectivity index (χ2n) is 1.56. The van der Waals surface area contributed by atoms with E-state index in [1.54, 1.807) is 24.4 Å². The molecule has 0 spiro atoms. The van der Waals surface area contributed by atoms with Crippen molar-refractivity contribution in [3.63, 3.8) is 0 Å². The van der Waals surface area contributed by atoms with Crippen molar-refractivity contribution >= 4 is 6.21 Å². The highest BCUT2D eigenvalue weighted by atomic mass is 15.3. The number of allylic oxidation sites excluding steroid dienone is 3. The van der Waals surface area contributed by atoms with Crippen LogP contribution in [0.2, 0.25) is 0 Å². The Kier molecular flexibility index (Phi) is 5.06. The minimum Gasteiger partial charge on any atom is -0.279 e. The average Bonchev–Trinajstić information content (AvgIpc) is 1.98. The minimum absolute atomic E-state index is 0.841. The predicted molar refractivity (Wildman–Crippen MR) is 45.8 cm³/mol. The maximum absolute atomic E-state index is 3.80. The van der Waals surface area contributed by atoms with Gasteiger partial charge in [-0.1, -0.05) is 19.2 Å². The van der Waals surface area contributed by atoms with Gasteiger partial charge in [0.2, 0.25) is 0 Å². The molecule has 0 radical (unpaired) electrons. The van der Waals surface area contributed by atoms with Gasteiger partial charge in [0.25, 0.3) is 0 Å². The molecule has 0 aliphatic carbocycles. The van der Waals surface area contributed by atoms with Gasteiger partial charge in [0.15, 0.2) is 0 Å². The summed E-state index contributed by atoms with van der Waals surface area (Å²) in [5.41, 5.74) is 3.60. The molecule has 0 amide bonds. The van der Waals surface area contributed by atoms with E-state index in [1.165, 1.54) is 0 Å². The number of nitrogens with one attached hydrogen (secondary N) is 1. The van der Waals surface area contributed by atoms with Gasteiger partial charge < -0.3 is 0 Å². The molecule has 2 heteroatoms. The Balaban J connectivity index is 3.94. The number of hydrazone groups is 1. The lowest BCUT2D eigenvalue weighted by molar-refractivity contribution is 0.924. The predicted octanol–water partition coefficient (Wildman–Crippen LogP) is 1.84. The van der Waals surface area contributed by atoms with Gasteiger partial charge >= 0.3 is 0 Å². The third-order valence-electron chi connectivity index (χ3n) is 0.840. The van der Waals surface area contributed by atoms with Crippen LogP contribution < -0.4 is 5.43 Å². The summed E-state index contributed by atoms with van der Waals surface area (Å²) in [4.78, 5) is 0. The summed E-state index contributed by atoms with van der Waals surface area (Å²) >= 11 is 0. The van der Waals surface area contributed by atoms with Crippen LogP contribution in [-0.2, 0) is 0 Å². The summed E-state index contributed by atoms with van der Waals surface area (Å²) in [5, 5.41) is 3.80. The minimum atomic E-state index is 0.841. The van der Waals surface area contributed by atoms with Gasteiger partial charge in [-0.15, -0.1) is 0 Å². The van der Waals surface area contributed by atoms with Gasteiger partial charge in [-0.2, -0.15) is 5.10 Å². The Hall–Kier alpha value is -1.31. The molecule has 0 saturated heterocycles. The molecule has 0 aliphatic rings. The number of hydrogen-bond acceptors (Lipinski definition) is 2.